The SMILES string of the molecule is CCC(C)C(C)(NC)c1nc(C)cs1. The van der Waals surface area contributed by atoms with Gasteiger partial charge in [0.2, 0.25) is 0 Å². The van der Waals surface area contributed by atoms with Gasteiger partial charge in [0, 0.05) is 11.1 Å². The summed E-state index contributed by atoms with van der Waals surface area (Å²) in [5.41, 5.74) is 1.14. The van der Waals surface area contributed by atoms with Crippen LogP contribution < -0.4 is 5.32 Å². The molecule has 1 aromatic rings. The number of nitrogens with one attached hydrogen (secondary N) is 1. The van der Waals surface area contributed by atoms with Gasteiger partial charge in [-0.05, 0) is 26.8 Å². The third-order valence-corrected chi connectivity index (χ3v) is 4.38. The van der Waals surface area contributed by atoms with E-state index in [0.717, 1.165) is 12.1 Å². The fraction of sp³-hybridized carbons (Fsp3) is 0.727. The maximum absolute atomic E-state index is 4.58. The molecule has 0 aliphatic rings. The van der Waals surface area contributed by atoms with Gasteiger partial charge in [0.1, 0.15) is 5.01 Å². The Labute approximate surface area is 90.8 Å². The molecular formula is C11H20N2S. The Balaban J connectivity index is 3.00. The Bertz CT molecular complexity index is 295. The normalized spacial score (nSPS) is 17.8. The zero-order valence-electron chi connectivity index (χ0n) is 9.72. The van der Waals surface area contributed by atoms with E-state index < -0.39 is 0 Å². The first kappa shape index (κ1) is 11.7. The van der Waals surface area contributed by atoms with Crippen molar-refractivity contribution >= 4 is 11.3 Å². The molecule has 2 atom stereocenters. The van der Waals surface area contributed by atoms with Crippen molar-refractivity contribution in [2.45, 2.75) is 39.7 Å². The van der Waals surface area contributed by atoms with E-state index in [1.807, 2.05) is 14.0 Å². The molecule has 0 fully saturated rings. The summed E-state index contributed by atoms with van der Waals surface area (Å²) in [4.78, 5) is 4.58. The van der Waals surface area contributed by atoms with Crippen LogP contribution in [0.3, 0.4) is 0 Å². The largest absolute Gasteiger partial charge is 0.308 e. The van der Waals surface area contributed by atoms with E-state index in [1.54, 1.807) is 11.3 Å². The molecule has 0 bridgehead atoms. The number of nitrogens with zero attached hydrogens (tertiary/aromatic N) is 1. The fourth-order valence-electron chi connectivity index (χ4n) is 1.56. The monoisotopic (exact) mass is 212 g/mol. The van der Waals surface area contributed by atoms with Crippen molar-refractivity contribution in [2.75, 3.05) is 7.05 Å². The Morgan fingerprint density at radius 2 is 2.29 bits per heavy atom. The number of aromatic nitrogens is 1. The van der Waals surface area contributed by atoms with Crippen LogP contribution in [0, 0.1) is 12.8 Å². The van der Waals surface area contributed by atoms with Gasteiger partial charge >= 0.3 is 0 Å². The van der Waals surface area contributed by atoms with E-state index in [1.165, 1.54) is 5.01 Å². The molecular weight excluding hydrogens is 192 g/mol. The predicted octanol–water partition coefficient (Wildman–Crippen LogP) is 2.93. The van der Waals surface area contributed by atoms with Crippen LogP contribution in [0.5, 0.6) is 0 Å². The summed E-state index contributed by atoms with van der Waals surface area (Å²) < 4.78 is 0. The van der Waals surface area contributed by atoms with Crippen LogP contribution in [0.2, 0.25) is 0 Å². The van der Waals surface area contributed by atoms with Crippen LogP contribution in [0.15, 0.2) is 5.38 Å². The summed E-state index contributed by atoms with van der Waals surface area (Å²) >= 11 is 1.75. The molecule has 2 nitrogen and oxygen atoms in total. The molecule has 14 heavy (non-hydrogen) atoms. The standard InChI is InChI=1S/C11H20N2S/c1-6-8(2)11(4,12-5)10-13-9(3)7-14-10/h7-8,12H,6H2,1-5H3. The van der Waals surface area contributed by atoms with Crippen molar-refractivity contribution in [3.8, 4) is 0 Å². The molecule has 1 N–H and O–H groups in total. The maximum atomic E-state index is 4.58. The summed E-state index contributed by atoms with van der Waals surface area (Å²) in [6.45, 7) is 8.78. The molecule has 2 unspecified atom stereocenters. The molecule has 0 aromatic carbocycles. The van der Waals surface area contributed by atoms with Gasteiger partial charge in [-0.15, -0.1) is 11.3 Å². The highest BCUT2D eigenvalue weighted by molar-refractivity contribution is 7.09. The molecule has 0 aliphatic carbocycles. The lowest BCUT2D eigenvalue weighted by atomic mass is 9.86. The second-order valence-corrected chi connectivity index (χ2v) is 4.91. The number of rotatable bonds is 4. The molecule has 0 spiro atoms. The molecule has 0 radical (unpaired) electrons. The number of hydrogen-bond donors (Lipinski definition) is 1. The fourth-order valence-corrected chi connectivity index (χ4v) is 2.64. The Kier molecular flexibility index (Phi) is 3.67. The second-order valence-electron chi connectivity index (χ2n) is 4.06. The predicted molar refractivity (Wildman–Crippen MR) is 62.7 cm³/mol. The second kappa shape index (κ2) is 4.41. The van der Waals surface area contributed by atoms with E-state index in [-0.39, 0.29) is 5.54 Å². The Morgan fingerprint density at radius 1 is 1.64 bits per heavy atom. The van der Waals surface area contributed by atoms with Gasteiger partial charge in [0.15, 0.2) is 0 Å². The average Bonchev–Trinajstić information content (AvgIpc) is 2.62. The van der Waals surface area contributed by atoms with Gasteiger partial charge in [-0.3, -0.25) is 0 Å². The molecule has 0 amide bonds. The average molecular weight is 212 g/mol. The van der Waals surface area contributed by atoms with Crippen molar-refractivity contribution in [3.05, 3.63) is 16.1 Å². The lowest BCUT2D eigenvalue weighted by Crippen LogP contribution is -2.42. The van der Waals surface area contributed by atoms with Gasteiger partial charge in [0.05, 0.1) is 5.54 Å². The van der Waals surface area contributed by atoms with Gasteiger partial charge in [0.25, 0.3) is 0 Å². The van der Waals surface area contributed by atoms with Gasteiger partial charge in [-0.1, -0.05) is 20.3 Å². The van der Waals surface area contributed by atoms with Crippen LogP contribution >= 0.6 is 11.3 Å². The highest BCUT2D eigenvalue weighted by atomic mass is 32.1. The summed E-state index contributed by atoms with van der Waals surface area (Å²) in [5.74, 6) is 0.595. The van der Waals surface area contributed by atoms with Crippen LogP contribution in [0.4, 0.5) is 0 Å². The molecule has 0 aliphatic heterocycles. The van der Waals surface area contributed by atoms with Crippen molar-refractivity contribution in [1.29, 1.82) is 0 Å². The lowest BCUT2D eigenvalue weighted by molar-refractivity contribution is 0.258. The van der Waals surface area contributed by atoms with Gasteiger partial charge in [-0.25, -0.2) is 4.98 Å². The van der Waals surface area contributed by atoms with Gasteiger partial charge in [-0.2, -0.15) is 0 Å². The summed E-state index contributed by atoms with van der Waals surface area (Å²) in [6, 6.07) is 0. The topological polar surface area (TPSA) is 24.9 Å². The molecule has 1 aromatic heterocycles. The molecule has 1 heterocycles. The van der Waals surface area contributed by atoms with E-state index in [2.05, 4.69) is 36.5 Å². The van der Waals surface area contributed by atoms with Crippen molar-refractivity contribution < 1.29 is 0 Å². The van der Waals surface area contributed by atoms with E-state index in [4.69, 9.17) is 0 Å². The first-order valence-electron chi connectivity index (χ1n) is 5.16. The molecule has 0 saturated heterocycles. The number of aryl methyl sites for hydroxylation is 1. The minimum absolute atomic E-state index is 0.0215. The van der Waals surface area contributed by atoms with Crippen molar-refractivity contribution in [3.63, 3.8) is 0 Å². The highest BCUT2D eigenvalue weighted by Crippen LogP contribution is 2.32. The molecule has 80 valence electrons. The minimum Gasteiger partial charge on any atom is -0.308 e. The zero-order chi connectivity index (χ0) is 10.8. The van der Waals surface area contributed by atoms with E-state index in [0.29, 0.717) is 5.92 Å². The Hall–Kier alpha value is -0.410. The van der Waals surface area contributed by atoms with Crippen LogP contribution in [-0.4, -0.2) is 12.0 Å². The summed E-state index contributed by atoms with van der Waals surface area (Å²) in [5, 5.41) is 6.73. The van der Waals surface area contributed by atoms with Crippen LogP contribution in [0.1, 0.15) is 37.9 Å². The summed E-state index contributed by atoms with van der Waals surface area (Å²) in [6.07, 6.45) is 1.16. The Morgan fingerprint density at radius 3 is 2.64 bits per heavy atom. The smallest absolute Gasteiger partial charge is 0.113 e. The molecule has 3 heteroatoms. The first-order valence-corrected chi connectivity index (χ1v) is 6.04. The quantitative estimate of drug-likeness (QED) is 0.830. The third-order valence-electron chi connectivity index (χ3n) is 3.18. The van der Waals surface area contributed by atoms with Gasteiger partial charge < -0.3 is 5.32 Å². The van der Waals surface area contributed by atoms with Crippen molar-refractivity contribution in [1.82, 2.24) is 10.3 Å². The number of hydrogen-bond acceptors (Lipinski definition) is 3. The van der Waals surface area contributed by atoms with E-state index in [9.17, 15) is 0 Å². The third kappa shape index (κ3) is 1.98. The van der Waals surface area contributed by atoms with E-state index >= 15 is 0 Å². The summed E-state index contributed by atoms with van der Waals surface area (Å²) in [7, 11) is 2.02. The molecule has 0 saturated carbocycles. The van der Waals surface area contributed by atoms with Crippen LogP contribution in [-0.2, 0) is 5.54 Å². The highest BCUT2D eigenvalue weighted by Gasteiger charge is 2.32. The lowest BCUT2D eigenvalue weighted by Gasteiger charge is -2.33. The first-order chi connectivity index (χ1) is 6.54. The zero-order valence-corrected chi connectivity index (χ0v) is 10.5. The number of thiazole rings is 1. The van der Waals surface area contributed by atoms with Crippen molar-refractivity contribution in [2.24, 2.45) is 5.92 Å². The molecule has 1 rings (SSSR count). The van der Waals surface area contributed by atoms with Crippen LogP contribution in [0.25, 0.3) is 0 Å². The minimum atomic E-state index is 0.0215. The maximum Gasteiger partial charge on any atom is 0.113 e.